The van der Waals surface area contributed by atoms with Gasteiger partial charge in [-0.3, -0.25) is 9.59 Å². The first-order chi connectivity index (χ1) is 11.7. The SMILES string of the molecule is O=C(CNc1ccccc1)NC1CCN(C(=O)c2ccoc2)CC1. The highest BCUT2D eigenvalue weighted by Gasteiger charge is 2.24. The number of carbonyl (C=O) groups is 2. The molecule has 24 heavy (non-hydrogen) atoms. The number of carbonyl (C=O) groups excluding carboxylic acids is 2. The van der Waals surface area contributed by atoms with Crippen LogP contribution in [0.4, 0.5) is 5.69 Å². The van der Waals surface area contributed by atoms with Crippen LogP contribution in [-0.2, 0) is 4.79 Å². The number of nitrogens with zero attached hydrogens (tertiary/aromatic N) is 1. The van der Waals surface area contributed by atoms with Crippen LogP contribution in [-0.4, -0.2) is 42.4 Å². The molecule has 6 heteroatoms. The summed E-state index contributed by atoms with van der Waals surface area (Å²) in [6.07, 6.45) is 4.49. The van der Waals surface area contributed by atoms with E-state index in [4.69, 9.17) is 4.42 Å². The molecule has 6 nitrogen and oxygen atoms in total. The van der Waals surface area contributed by atoms with Crippen LogP contribution < -0.4 is 10.6 Å². The normalized spacial score (nSPS) is 15.1. The molecule has 2 amide bonds. The van der Waals surface area contributed by atoms with Gasteiger partial charge in [-0.05, 0) is 31.0 Å². The van der Waals surface area contributed by atoms with Crippen molar-refractivity contribution in [2.45, 2.75) is 18.9 Å². The van der Waals surface area contributed by atoms with Gasteiger partial charge >= 0.3 is 0 Å². The summed E-state index contributed by atoms with van der Waals surface area (Å²) in [4.78, 5) is 26.0. The molecule has 1 saturated heterocycles. The zero-order valence-electron chi connectivity index (χ0n) is 13.4. The zero-order valence-corrected chi connectivity index (χ0v) is 13.4. The highest BCUT2D eigenvalue weighted by atomic mass is 16.3. The molecule has 0 aliphatic carbocycles. The van der Waals surface area contributed by atoms with Crippen molar-refractivity contribution in [3.63, 3.8) is 0 Å². The maximum absolute atomic E-state index is 12.2. The Morgan fingerprint density at radius 1 is 1.12 bits per heavy atom. The van der Waals surface area contributed by atoms with E-state index >= 15 is 0 Å². The molecule has 1 aliphatic heterocycles. The van der Waals surface area contributed by atoms with Crippen molar-refractivity contribution in [1.29, 1.82) is 0 Å². The molecule has 126 valence electrons. The molecule has 3 rings (SSSR count). The van der Waals surface area contributed by atoms with Crippen LogP contribution >= 0.6 is 0 Å². The standard InChI is InChI=1S/C18H21N3O3/c22-17(12-19-15-4-2-1-3-5-15)20-16-6-9-21(10-7-16)18(23)14-8-11-24-13-14/h1-5,8,11,13,16,19H,6-7,9-10,12H2,(H,20,22). The second-order valence-corrected chi connectivity index (χ2v) is 5.87. The summed E-state index contributed by atoms with van der Waals surface area (Å²) < 4.78 is 4.95. The largest absolute Gasteiger partial charge is 0.472 e. The first-order valence-corrected chi connectivity index (χ1v) is 8.12. The summed E-state index contributed by atoms with van der Waals surface area (Å²) in [5.41, 5.74) is 1.50. The van der Waals surface area contributed by atoms with Crippen molar-refractivity contribution in [2.75, 3.05) is 25.0 Å². The first-order valence-electron chi connectivity index (χ1n) is 8.12. The number of hydrogen-bond donors (Lipinski definition) is 2. The van der Waals surface area contributed by atoms with E-state index in [9.17, 15) is 9.59 Å². The number of para-hydroxylation sites is 1. The van der Waals surface area contributed by atoms with E-state index in [1.165, 1.54) is 12.5 Å². The number of amides is 2. The molecule has 2 heterocycles. The minimum Gasteiger partial charge on any atom is -0.472 e. The van der Waals surface area contributed by atoms with Crippen LogP contribution in [0.15, 0.2) is 53.3 Å². The van der Waals surface area contributed by atoms with E-state index in [-0.39, 0.29) is 24.4 Å². The molecule has 0 saturated carbocycles. The first kappa shape index (κ1) is 16.1. The molecular weight excluding hydrogens is 306 g/mol. The fourth-order valence-corrected chi connectivity index (χ4v) is 2.81. The molecule has 2 aromatic rings. The lowest BCUT2D eigenvalue weighted by Crippen LogP contribution is -2.47. The quantitative estimate of drug-likeness (QED) is 0.882. The Labute approximate surface area is 140 Å². The molecule has 0 spiro atoms. The average Bonchev–Trinajstić information content (AvgIpc) is 3.16. The summed E-state index contributed by atoms with van der Waals surface area (Å²) in [5, 5.41) is 6.12. The molecule has 1 fully saturated rings. The fraction of sp³-hybridized carbons (Fsp3) is 0.333. The van der Waals surface area contributed by atoms with Crippen LogP contribution in [0, 0.1) is 0 Å². The second kappa shape index (κ2) is 7.68. The van der Waals surface area contributed by atoms with Crippen molar-refractivity contribution in [2.24, 2.45) is 0 Å². The third kappa shape index (κ3) is 4.16. The predicted molar refractivity (Wildman–Crippen MR) is 90.7 cm³/mol. The Morgan fingerprint density at radius 3 is 2.54 bits per heavy atom. The van der Waals surface area contributed by atoms with Crippen molar-refractivity contribution >= 4 is 17.5 Å². The van der Waals surface area contributed by atoms with E-state index in [1.54, 1.807) is 11.0 Å². The molecule has 1 aromatic heterocycles. The molecule has 2 N–H and O–H groups in total. The number of furan rings is 1. The van der Waals surface area contributed by atoms with E-state index in [2.05, 4.69) is 10.6 Å². The van der Waals surface area contributed by atoms with Crippen molar-refractivity contribution in [3.8, 4) is 0 Å². The molecule has 0 radical (unpaired) electrons. The summed E-state index contributed by atoms with van der Waals surface area (Å²) in [6, 6.07) is 11.4. The molecule has 0 bridgehead atoms. The lowest BCUT2D eigenvalue weighted by Gasteiger charge is -2.32. The number of piperidine rings is 1. The zero-order chi connectivity index (χ0) is 16.8. The van der Waals surface area contributed by atoms with Crippen LogP contribution in [0.5, 0.6) is 0 Å². The summed E-state index contributed by atoms with van der Waals surface area (Å²) in [5.74, 6) is -0.0438. The Kier molecular flexibility index (Phi) is 5.15. The maximum atomic E-state index is 12.2. The number of anilines is 1. The summed E-state index contributed by atoms with van der Waals surface area (Å²) >= 11 is 0. The van der Waals surface area contributed by atoms with Crippen LogP contribution in [0.1, 0.15) is 23.2 Å². The van der Waals surface area contributed by atoms with Gasteiger partial charge in [0.05, 0.1) is 18.4 Å². The minimum atomic E-state index is -0.0292. The lowest BCUT2D eigenvalue weighted by molar-refractivity contribution is -0.120. The minimum absolute atomic E-state index is 0.0146. The van der Waals surface area contributed by atoms with Gasteiger partial charge in [-0.25, -0.2) is 0 Å². The second-order valence-electron chi connectivity index (χ2n) is 5.87. The van der Waals surface area contributed by atoms with E-state index < -0.39 is 0 Å². The van der Waals surface area contributed by atoms with Gasteiger partial charge in [0.2, 0.25) is 5.91 Å². The smallest absolute Gasteiger partial charge is 0.257 e. The van der Waals surface area contributed by atoms with Crippen molar-refractivity contribution in [1.82, 2.24) is 10.2 Å². The predicted octanol–water partition coefficient (Wildman–Crippen LogP) is 2.11. The number of rotatable bonds is 5. The third-order valence-electron chi connectivity index (χ3n) is 4.14. The van der Waals surface area contributed by atoms with Gasteiger partial charge in [0.25, 0.3) is 5.91 Å². The third-order valence-corrected chi connectivity index (χ3v) is 4.14. The molecule has 0 atom stereocenters. The average molecular weight is 327 g/mol. The van der Waals surface area contributed by atoms with Crippen LogP contribution in [0.25, 0.3) is 0 Å². The molecular formula is C18H21N3O3. The summed E-state index contributed by atoms with van der Waals surface area (Å²) in [7, 11) is 0. The van der Waals surface area contributed by atoms with Gasteiger partial charge in [0.15, 0.2) is 0 Å². The number of likely N-dealkylation sites (tertiary alicyclic amines) is 1. The Bertz CT molecular complexity index is 662. The molecule has 1 aliphatic rings. The van der Waals surface area contributed by atoms with Crippen LogP contribution in [0.3, 0.4) is 0 Å². The molecule has 0 unspecified atom stereocenters. The number of hydrogen-bond acceptors (Lipinski definition) is 4. The van der Waals surface area contributed by atoms with Gasteiger partial charge in [-0.15, -0.1) is 0 Å². The fourth-order valence-electron chi connectivity index (χ4n) is 2.81. The van der Waals surface area contributed by atoms with Crippen molar-refractivity contribution < 1.29 is 14.0 Å². The number of nitrogens with one attached hydrogen (secondary N) is 2. The Morgan fingerprint density at radius 2 is 1.88 bits per heavy atom. The van der Waals surface area contributed by atoms with Crippen molar-refractivity contribution in [3.05, 3.63) is 54.5 Å². The molecule has 1 aromatic carbocycles. The van der Waals surface area contributed by atoms with Gasteiger partial charge in [-0.1, -0.05) is 18.2 Å². The number of benzene rings is 1. The summed E-state index contributed by atoms with van der Waals surface area (Å²) in [6.45, 7) is 1.53. The van der Waals surface area contributed by atoms with E-state index in [0.29, 0.717) is 18.7 Å². The van der Waals surface area contributed by atoms with E-state index in [1.807, 2.05) is 30.3 Å². The topological polar surface area (TPSA) is 74.6 Å². The Balaban J connectivity index is 1.40. The van der Waals surface area contributed by atoms with Gasteiger partial charge in [-0.2, -0.15) is 0 Å². The monoisotopic (exact) mass is 327 g/mol. The van der Waals surface area contributed by atoms with Crippen LogP contribution in [0.2, 0.25) is 0 Å². The lowest BCUT2D eigenvalue weighted by atomic mass is 10.0. The maximum Gasteiger partial charge on any atom is 0.257 e. The highest BCUT2D eigenvalue weighted by molar-refractivity contribution is 5.93. The van der Waals surface area contributed by atoms with E-state index in [0.717, 1.165) is 18.5 Å². The van der Waals surface area contributed by atoms with Gasteiger partial charge in [0, 0.05) is 24.8 Å². The highest BCUT2D eigenvalue weighted by Crippen LogP contribution is 2.14. The van der Waals surface area contributed by atoms with Gasteiger partial charge in [0.1, 0.15) is 6.26 Å². The van der Waals surface area contributed by atoms with Gasteiger partial charge < -0.3 is 20.0 Å². The Hall–Kier alpha value is -2.76.